The van der Waals surface area contributed by atoms with E-state index in [2.05, 4.69) is 26.0 Å². The van der Waals surface area contributed by atoms with Crippen molar-refractivity contribution in [2.45, 2.75) is 6.92 Å². The lowest BCUT2D eigenvalue weighted by Gasteiger charge is -2.05. The minimum Gasteiger partial charge on any atom is -0.463 e. The third kappa shape index (κ3) is 2.30. The van der Waals surface area contributed by atoms with Crippen molar-refractivity contribution in [1.29, 1.82) is 0 Å². The minimum absolute atomic E-state index is 0.211. The lowest BCUT2D eigenvalue weighted by Crippen LogP contribution is -2.20. The van der Waals surface area contributed by atoms with Crippen LogP contribution in [0.15, 0.2) is 55.4 Å². The Balaban J connectivity index is 2.18. The second-order valence-electron chi connectivity index (χ2n) is 4.20. The Kier molecular flexibility index (Phi) is 3.23. The second-order valence-corrected chi connectivity index (χ2v) is 5.11. The molecule has 0 aliphatic rings. The van der Waals surface area contributed by atoms with E-state index >= 15 is 0 Å². The van der Waals surface area contributed by atoms with Crippen molar-refractivity contribution in [2.24, 2.45) is 5.10 Å². The molecule has 2 aromatic heterocycles. The summed E-state index contributed by atoms with van der Waals surface area (Å²) in [6.07, 6.45) is 3.03. The van der Waals surface area contributed by atoms with Gasteiger partial charge in [0.15, 0.2) is 0 Å². The van der Waals surface area contributed by atoms with Crippen molar-refractivity contribution in [3.8, 4) is 0 Å². The molecule has 3 rings (SSSR count). The van der Waals surface area contributed by atoms with Gasteiger partial charge in [-0.3, -0.25) is 4.79 Å². The van der Waals surface area contributed by atoms with Gasteiger partial charge in [0.05, 0.1) is 23.4 Å². The molecule has 3 aromatic rings. The molecular formula is C14H10BrN3O2. The monoisotopic (exact) mass is 331 g/mol. The number of benzene rings is 1. The molecule has 0 saturated heterocycles. The first-order valence-corrected chi connectivity index (χ1v) is 6.71. The minimum atomic E-state index is -0.211. The molecule has 0 N–H and O–H groups in total. The van der Waals surface area contributed by atoms with Crippen molar-refractivity contribution < 1.29 is 4.42 Å². The summed E-state index contributed by atoms with van der Waals surface area (Å²) in [5, 5.41) is 4.65. The van der Waals surface area contributed by atoms with Crippen LogP contribution in [-0.2, 0) is 0 Å². The third-order valence-electron chi connectivity index (χ3n) is 2.81. The number of rotatable bonds is 2. The molecule has 0 radical (unpaired) electrons. The van der Waals surface area contributed by atoms with Crippen molar-refractivity contribution in [1.82, 2.24) is 9.66 Å². The second kappa shape index (κ2) is 5.05. The van der Waals surface area contributed by atoms with E-state index in [1.807, 2.05) is 6.07 Å². The molecule has 0 atom stereocenters. The van der Waals surface area contributed by atoms with Crippen LogP contribution in [-0.4, -0.2) is 15.9 Å². The number of aromatic nitrogens is 2. The van der Waals surface area contributed by atoms with Gasteiger partial charge < -0.3 is 4.42 Å². The number of hydrogen-bond donors (Lipinski definition) is 0. The molecule has 0 spiro atoms. The molecule has 0 aliphatic heterocycles. The summed E-state index contributed by atoms with van der Waals surface area (Å²) < 4.78 is 7.24. The number of fused-ring (bicyclic) bond motifs is 1. The molecule has 5 nitrogen and oxygen atoms in total. The van der Waals surface area contributed by atoms with E-state index in [1.54, 1.807) is 37.5 Å². The first-order chi connectivity index (χ1) is 9.65. The topological polar surface area (TPSA) is 60.4 Å². The quantitative estimate of drug-likeness (QED) is 0.678. The van der Waals surface area contributed by atoms with Crippen molar-refractivity contribution in [3.05, 3.63) is 63.0 Å². The van der Waals surface area contributed by atoms with Gasteiger partial charge in [-0.15, -0.1) is 0 Å². The summed E-state index contributed by atoms with van der Waals surface area (Å²) in [6.45, 7) is 1.74. The standard InChI is InChI=1S/C14H10BrN3O2/c1-9-17-13-5-4-10(15)7-12(13)14(19)18(9)16-8-11-3-2-6-20-11/h2-8H,1H3/b16-8+. The first kappa shape index (κ1) is 12.8. The maximum atomic E-state index is 12.4. The molecule has 0 amide bonds. The van der Waals surface area contributed by atoms with Crippen LogP contribution < -0.4 is 5.56 Å². The zero-order chi connectivity index (χ0) is 14.1. The zero-order valence-corrected chi connectivity index (χ0v) is 12.2. The average Bonchev–Trinajstić information content (AvgIpc) is 2.93. The largest absolute Gasteiger partial charge is 0.463 e. The van der Waals surface area contributed by atoms with E-state index in [9.17, 15) is 4.79 Å². The van der Waals surface area contributed by atoms with Gasteiger partial charge in [-0.1, -0.05) is 15.9 Å². The Hall–Kier alpha value is -2.21. The number of aryl methyl sites for hydroxylation is 1. The number of hydrogen-bond acceptors (Lipinski definition) is 4. The summed E-state index contributed by atoms with van der Waals surface area (Å²) >= 11 is 3.35. The van der Waals surface area contributed by atoms with E-state index in [-0.39, 0.29) is 5.56 Å². The summed E-state index contributed by atoms with van der Waals surface area (Å²) in [5.74, 6) is 1.10. The van der Waals surface area contributed by atoms with Crippen molar-refractivity contribution in [3.63, 3.8) is 0 Å². The molecule has 0 saturated carbocycles. The Morgan fingerprint density at radius 3 is 3.00 bits per heavy atom. The summed E-state index contributed by atoms with van der Waals surface area (Å²) in [7, 11) is 0. The fourth-order valence-electron chi connectivity index (χ4n) is 1.88. The van der Waals surface area contributed by atoms with Crippen molar-refractivity contribution >= 4 is 33.0 Å². The van der Waals surface area contributed by atoms with E-state index in [0.29, 0.717) is 22.5 Å². The van der Waals surface area contributed by atoms with Gasteiger partial charge in [-0.05, 0) is 37.3 Å². The van der Waals surface area contributed by atoms with Crippen LogP contribution in [0.1, 0.15) is 11.6 Å². The van der Waals surface area contributed by atoms with Crippen LogP contribution >= 0.6 is 15.9 Å². The van der Waals surface area contributed by atoms with Gasteiger partial charge in [0, 0.05) is 4.47 Å². The highest BCUT2D eigenvalue weighted by Gasteiger charge is 2.07. The summed E-state index contributed by atoms with van der Waals surface area (Å²) in [5.41, 5.74) is 0.441. The zero-order valence-electron chi connectivity index (χ0n) is 10.6. The van der Waals surface area contributed by atoms with Gasteiger partial charge in [-0.25, -0.2) is 4.98 Å². The Labute approximate surface area is 122 Å². The van der Waals surface area contributed by atoms with Crippen LogP contribution in [0.25, 0.3) is 10.9 Å². The highest BCUT2D eigenvalue weighted by Crippen LogP contribution is 2.15. The van der Waals surface area contributed by atoms with E-state index < -0.39 is 0 Å². The molecule has 1 aromatic carbocycles. The predicted octanol–water partition coefficient (Wildman–Crippen LogP) is 2.94. The van der Waals surface area contributed by atoms with Crippen LogP contribution in [0.4, 0.5) is 0 Å². The van der Waals surface area contributed by atoms with E-state index in [0.717, 1.165) is 4.47 Å². The number of halogens is 1. The SMILES string of the molecule is Cc1nc2ccc(Br)cc2c(=O)n1/N=C/c1ccco1. The van der Waals surface area contributed by atoms with Crippen LogP contribution in [0, 0.1) is 6.92 Å². The summed E-state index contributed by atoms with van der Waals surface area (Å²) in [4.78, 5) is 16.8. The van der Waals surface area contributed by atoms with Gasteiger partial charge in [0.1, 0.15) is 11.6 Å². The Bertz CT molecular complexity index is 851. The van der Waals surface area contributed by atoms with Gasteiger partial charge in [0.2, 0.25) is 0 Å². The average molecular weight is 332 g/mol. The lowest BCUT2D eigenvalue weighted by atomic mass is 10.2. The molecule has 0 unspecified atom stereocenters. The Morgan fingerprint density at radius 1 is 1.40 bits per heavy atom. The smallest absolute Gasteiger partial charge is 0.282 e. The third-order valence-corrected chi connectivity index (χ3v) is 3.31. The van der Waals surface area contributed by atoms with Gasteiger partial charge >= 0.3 is 0 Å². The maximum absolute atomic E-state index is 12.4. The Morgan fingerprint density at radius 2 is 2.25 bits per heavy atom. The molecule has 20 heavy (non-hydrogen) atoms. The highest BCUT2D eigenvalue weighted by molar-refractivity contribution is 9.10. The number of furan rings is 1. The lowest BCUT2D eigenvalue weighted by molar-refractivity contribution is 0.559. The molecule has 0 aliphatic carbocycles. The van der Waals surface area contributed by atoms with E-state index in [4.69, 9.17) is 4.42 Å². The van der Waals surface area contributed by atoms with E-state index in [1.165, 1.54) is 10.9 Å². The molecule has 2 heterocycles. The molecule has 6 heteroatoms. The van der Waals surface area contributed by atoms with Crippen molar-refractivity contribution in [2.75, 3.05) is 0 Å². The normalized spacial score (nSPS) is 11.5. The van der Waals surface area contributed by atoms with Gasteiger partial charge in [0.25, 0.3) is 5.56 Å². The molecule has 0 fully saturated rings. The predicted molar refractivity (Wildman–Crippen MR) is 80.1 cm³/mol. The first-order valence-electron chi connectivity index (χ1n) is 5.92. The fourth-order valence-corrected chi connectivity index (χ4v) is 2.24. The highest BCUT2D eigenvalue weighted by atomic mass is 79.9. The van der Waals surface area contributed by atoms with Crippen LogP contribution in [0.2, 0.25) is 0 Å². The fraction of sp³-hybridized carbons (Fsp3) is 0.0714. The van der Waals surface area contributed by atoms with Gasteiger partial charge in [-0.2, -0.15) is 9.78 Å². The number of nitrogens with zero attached hydrogens (tertiary/aromatic N) is 3. The molecule has 0 bridgehead atoms. The maximum Gasteiger partial charge on any atom is 0.282 e. The molecule has 100 valence electrons. The molecular weight excluding hydrogens is 322 g/mol. The van der Waals surface area contributed by atoms with Crippen LogP contribution in [0.5, 0.6) is 0 Å². The van der Waals surface area contributed by atoms with Crippen LogP contribution in [0.3, 0.4) is 0 Å². The summed E-state index contributed by atoms with van der Waals surface area (Å²) in [6, 6.07) is 8.91.